The lowest BCUT2D eigenvalue weighted by Gasteiger charge is -2.13. The van der Waals surface area contributed by atoms with Crippen LogP contribution in [0.1, 0.15) is 11.1 Å². The van der Waals surface area contributed by atoms with Crippen molar-refractivity contribution in [1.82, 2.24) is 0 Å². The Morgan fingerprint density at radius 1 is 0.840 bits per heavy atom. The van der Waals surface area contributed by atoms with Crippen LogP contribution in [0.5, 0.6) is 11.5 Å². The topological polar surface area (TPSA) is 52.6 Å². The van der Waals surface area contributed by atoms with Crippen LogP contribution in [-0.2, 0) is 15.5 Å². The quantitative estimate of drug-likeness (QED) is 0.479. The number of rotatable bonds is 4. The average Bonchev–Trinajstić information content (AvgIpc) is 2.82. The third kappa shape index (κ3) is 2.82. The highest BCUT2D eigenvalue weighted by molar-refractivity contribution is 5.86. The lowest BCUT2D eigenvalue weighted by molar-refractivity contribution is -0.129. The Labute approximate surface area is 142 Å². The number of hydrogen-bond donors (Lipinski definition) is 0. The number of alkyl halides is 2. The number of benzene rings is 2. The molecule has 0 amide bonds. The van der Waals surface area contributed by atoms with Gasteiger partial charge in [0.1, 0.15) is 11.5 Å². The second-order valence-corrected chi connectivity index (χ2v) is 5.24. The van der Waals surface area contributed by atoms with Gasteiger partial charge in [-0.25, -0.2) is 9.59 Å². The number of fused-ring (bicyclic) bond motifs is 3. The molecule has 0 N–H and O–H groups in total. The predicted molar refractivity (Wildman–Crippen MR) is 86.5 cm³/mol. The van der Waals surface area contributed by atoms with Crippen LogP contribution in [0.3, 0.4) is 0 Å². The van der Waals surface area contributed by atoms with E-state index in [1.165, 1.54) is 24.3 Å². The Kier molecular flexibility index (Phi) is 3.96. The van der Waals surface area contributed by atoms with Gasteiger partial charge in [0.15, 0.2) is 0 Å². The van der Waals surface area contributed by atoms with Crippen LogP contribution >= 0.6 is 0 Å². The Morgan fingerprint density at radius 3 is 1.60 bits per heavy atom. The number of carbonyl (C=O) groups is 2. The Morgan fingerprint density at radius 2 is 1.24 bits per heavy atom. The molecule has 0 bridgehead atoms. The summed E-state index contributed by atoms with van der Waals surface area (Å²) in [4.78, 5) is 22.5. The van der Waals surface area contributed by atoms with Gasteiger partial charge in [-0.05, 0) is 35.4 Å². The first-order valence-corrected chi connectivity index (χ1v) is 7.22. The van der Waals surface area contributed by atoms with Gasteiger partial charge in [0.2, 0.25) is 0 Å². The molecule has 0 spiro atoms. The minimum absolute atomic E-state index is 0.00515. The van der Waals surface area contributed by atoms with Gasteiger partial charge in [-0.3, -0.25) is 0 Å². The zero-order chi connectivity index (χ0) is 18.2. The summed E-state index contributed by atoms with van der Waals surface area (Å²) in [6.45, 7) is 6.52. The van der Waals surface area contributed by atoms with Crippen molar-refractivity contribution >= 4 is 11.9 Å². The zero-order valence-electron chi connectivity index (χ0n) is 12.9. The van der Waals surface area contributed by atoms with E-state index in [0.29, 0.717) is 11.1 Å². The summed E-state index contributed by atoms with van der Waals surface area (Å²) in [6.07, 6.45) is 1.89. The molecule has 0 radical (unpaired) electrons. The SMILES string of the molecule is C=CC(=O)Oc1ccc2c(c1)C(F)(F)c1cc(OC(=O)C=C)ccc1-2. The summed E-state index contributed by atoms with van der Waals surface area (Å²) in [5.41, 5.74) is 0.0631. The van der Waals surface area contributed by atoms with E-state index in [0.717, 1.165) is 24.3 Å². The van der Waals surface area contributed by atoms with Gasteiger partial charge < -0.3 is 9.47 Å². The van der Waals surface area contributed by atoms with Crippen LogP contribution in [0.15, 0.2) is 61.7 Å². The van der Waals surface area contributed by atoms with E-state index >= 15 is 0 Å². The standard InChI is InChI=1S/C19H12F2O4/c1-3-17(22)24-11-5-7-13-14-8-6-12(25-18(23)4-2)10-16(14)19(20,21)15(13)9-11/h3-10H,1-2H2. The minimum Gasteiger partial charge on any atom is -0.423 e. The lowest BCUT2D eigenvalue weighted by atomic mass is 10.1. The third-order valence-electron chi connectivity index (χ3n) is 3.72. The van der Waals surface area contributed by atoms with Crippen molar-refractivity contribution in [2.75, 3.05) is 0 Å². The van der Waals surface area contributed by atoms with Crippen molar-refractivity contribution in [3.8, 4) is 22.6 Å². The molecule has 2 aromatic rings. The Balaban J connectivity index is 2.04. The maximum Gasteiger partial charge on any atom is 0.335 e. The van der Waals surface area contributed by atoms with E-state index < -0.39 is 17.9 Å². The van der Waals surface area contributed by atoms with Crippen LogP contribution in [0.4, 0.5) is 8.78 Å². The average molecular weight is 342 g/mol. The highest BCUT2D eigenvalue weighted by Gasteiger charge is 2.45. The molecule has 4 nitrogen and oxygen atoms in total. The second kappa shape index (κ2) is 5.98. The highest BCUT2D eigenvalue weighted by Crippen LogP contribution is 2.52. The molecule has 0 fully saturated rings. The van der Waals surface area contributed by atoms with Gasteiger partial charge in [0, 0.05) is 23.3 Å². The number of halogens is 2. The van der Waals surface area contributed by atoms with Gasteiger partial charge in [-0.1, -0.05) is 25.3 Å². The molecular weight excluding hydrogens is 330 g/mol. The predicted octanol–water partition coefficient (Wildman–Crippen LogP) is 3.99. The molecule has 1 aliphatic carbocycles. The molecule has 0 saturated carbocycles. The Hall–Kier alpha value is -3.28. The van der Waals surface area contributed by atoms with Crippen molar-refractivity contribution < 1.29 is 27.8 Å². The largest absolute Gasteiger partial charge is 0.423 e. The molecule has 2 aromatic carbocycles. The van der Waals surface area contributed by atoms with Crippen molar-refractivity contribution in [3.05, 3.63) is 72.8 Å². The van der Waals surface area contributed by atoms with Crippen molar-refractivity contribution in [1.29, 1.82) is 0 Å². The molecule has 0 heterocycles. The fourth-order valence-electron chi connectivity index (χ4n) is 2.62. The number of esters is 2. The van der Waals surface area contributed by atoms with Gasteiger partial charge in [0.25, 0.3) is 5.92 Å². The second-order valence-electron chi connectivity index (χ2n) is 5.24. The Bertz CT molecular complexity index is 842. The summed E-state index contributed by atoms with van der Waals surface area (Å²) in [5, 5.41) is 0. The van der Waals surface area contributed by atoms with Gasteiger partial charge in [-0.15, -0.1) is 0 Å². The van der Waals surface area contributed by atoms with Crippen LogP contribution < -0.4 is 9.47 Å². The first-order valence-electron chi connectivity index (χ1n) is 7.22. The maximum absolute atomic E-state index is 14.8. The monoisotopic (exact) mass is 342 g/mol. The summed E-state index contributed by atoms with van der Waals surface area (Å²) in [6, 6.07) is 8.00. The molecule has 0 aliphatic heterocycles. The van der Waals surface area contributed by atoms with E-state index in [4.69, 9.17) is 9.47 Å². The van der Waals surface area contributed by atoms with Crippen LogP contribution in [-0.4, -0.2) is 11.9 Å². The molecule has 0 unspecified atom stereocenters. The minimum atomic E-state index is -3.32. The molecule has 25 heavy (non-hydrogen) atoms. The van der Waals surface area contributed by atoms with Crippen molar-refractivity contribution in [3.63, 3.8) is 0 Å². The molecule has 6 heteroatoms. The molecule has 0 aromatic heterocycles. The number of carbonyl (C=O) groups excluding carboxylic acids is 2. The summed E-state index contributed by atoms with van der Waals surface area (Å²) >= 11 is 0. The highest BCUT2D eigenvalue weighted by atomic mass is 19.3. The van der Waals surface area contributed by atoms with E-state index in [9.17, 15) is 18.4 Å². The zero-order valence-corrected chi connectivity index (χ0v) is 12.9. The van der Waals surface area contributed by atoms with E-state index in [-0.39, 0.29) is 22.6 Å². The van der Waals surface area contributed by atoms with E-state index in [1.807, 2.05) is 0 Å². The first-order chi connectivity index (χ1) is 11.9. The summed E-state index contributed by atoms with van der Waals surface area (Å²) < 4.78 is 39.4. The van der Waals surface area contributed by atoms with E-state index in [2.05, 4.69) is 13.2 Å². The van der Waals surface area contributed by atoms with Gasteiger partial charge in [-0.2, -0.15) is 8.78 Å². The van der Waals surface area contributed by atoms with Crippen LogP contribution in [0, 0.1) is 0 Å². The molecule has 1 aliphatic rings. The smallest absolute Gasteiger partial charge is 0.335 e. The van der Waals surface area contributed by atoms with Crippen molar-refractivity contribution in [2.24, 2.45) is 0 Å². The number of hydrogen-bond acceptors (Lipinski definition) is 4. The molecule has 0 saturated heterocycles. The summed E-state index contributed by atoms with van der Waals surface area (Å²) in [7, 11) is 0. The lowest BCUT2D eigenvalue weighted by Crippen LogP contribution is -2.12. The van der Waals surface area contributed by atoms with Gasteiger partial charge in [0.05, 0.1) is 0 Å². The summed E-state index contributed by atoms with van der Waals surface area (Å²) in [5.74, 6) is -4.81. The number of ether oxygens (including phenoxy) is 2. The maximum atomic E-state index is 14.8. The van der Waals surface area contributed by atoms with Crippen LogP contribution in [0.25, 0.3) is 11.1 Å². The van der Waals surface area contributed by atoms with E-state index in [1.54, 1.807) is 0 Å². The molecule has 3 rings (SSSR count). The molecule has 0 atom stereocenters. The molecule has 126 valence electrons. The van der Waals surface area contributed by atoms with Crippen LogP contribution in [0.2, 0.25) is 0 Å². The van der Waals surface area contributed by atoms with Gasteiger partial charge >= 0.3 is 11.9 Å². The fourth-order valence-corrected chi connectivity index (χ4v) is 2.62. The molecular formula is C19H12F2O4. The first kappa shape index (κ1) is 16.6. The van der Waals surface area contributed by atoms with Crippen molar-refractivity contribution in [2.45, 2.75) is 5.92 Å². The normalized spacial score (nSPS) is 13.4. The fraction of sp³-hybridized carbons (Fsp3) is 0.0526. The third-order valence-corrected chi connectivity index (χ3v) is 3.72.